The van der Waals surface area contributed by atoms with E-state index in [1.54, 1.807) is 6.92 Å². The third-order valence-electron chi connectivity index (χ3n) is 3.99. The van der Waals surface area contributed by atoms with Gasteiger partial charge in [-0.25, -0.2) is 0 Å². The number of rotatable bonds is 15. The molecular formula is C20H30I3N3O7. The van der Waals surface area contributed by atoms with Crippen LogP contribution in [0.1, 0.15) is 37.6 Å². The molecule has 0 aliphatic heterocycles. The van der Waals surface area contributed by atoms with Crippen LogP contribution in [0.15, 0.2) is 0 Å². The van der Waals surface area contributed by atoms with Gasteiger partial charge in [-0.1, -0.05) is 6.92 Å². The van der Waals surface area contributed by atoms with Gasteiger partial charge in [0, 0.05) is 13.5 Å². The lowest BCUT2D eigenvalue weighted by Crippen LogP contribution is -2.30. The van der Waals surface area contributed by atoms with Crippen LogP contribution in [0.25, 0.3) is 0 Å². The maximum absolute atomic E-state index is 12.9. The highest BCUT2D eigenvalue weighted by molar-refractivity contribution is 14.1. The zero-order chi connectivity index (χ0) is 25.0. The van der Waals surface area contributed by atoms with E-state index < -0.39 is 12.5 Å². The predicted molar refractivity (Wildman–Crippen MR) is 150 cm³/mol. The summed E-state index contributed by atoms with van der Waals surface area (Å²) in [5.41, 5.74) is 1.49. The summed E-state index contributed by atoms with van der Waals surface area (Å²) in [4.78, 5) is 24.6. The van der Waals surface area contributed by atoms with E-state index in [0.717, 1.165) is 0 Å². The number of hydrogen-bond donors (Lipinski definition) is 5. The van der Waals surface area contributed by atoms with Gasteiger partial charge >= 0.3 is 0 Å². The normalized spacial score (nSPS) is 12.8. The van der Waals surface area contributed by atoms with Crippen LogP contribution in [0.3, 0.4) is 0 Å². The zero-order valence-electron chi connectivity index (χ0n) is 18.7. The van der Waals surface area contributed by atoms with Gasteiger partial charge in [0.1, 0.15) is 6.23 Å². The van der Waals surface area contributed by atoms with Crippen molar-refractivity contribution in [3.8, 4) is 0 Å². The molecule has 13 heteroatoms. The molecule has 0 saturated carbocycles. The number of amides is 2. The van der Waals surface area contributed by atoms with Crippen molar-refractivity contribution in [2.75, 3.05) is 50.2 Å². The van der Waals surface area contributed by atoms with Crippen molar-refractivity contribution >= 4 is 91.0 Å². The van der Waals surface area contributed by atoms with Gasteiger partial charge in [0.25, 0.3) is 5.91 Å². The van der Waals surface area contributed by atoms with Crippen molar-refractivity contribution in [3.05, 3.63) is 16.3 Å². The highest BCUT2D eigenvalue weighted by atomic mass is 127. The molecule has 2 amide bonds. The molecule has 2 unspecified atom stereocenters. The van der Waals surface area contributed by atoms with Crippen LogP contribution < -0.4 is 16.0 Å². The first kappa shape index (κ1) is 31.0. The highest BCUT2D eigenvalue weighted by Crippen LogP contribution is 2.39. The standard InChI is InChI=1S/C20H30I3N3O7/c1-4-13(29)33-10-9-32-8-7-31-6-5-24-20(30)14-15(21)18(25-11(2)27)17(23)19(16(14)22)26-12(3)28/h11,13,25,27,29H,4-10H2,1-3H3,(H,24,30)(H,26,28). The van der Waals surface area contributed by atoms with Crippen LogP contribution in [0, 0.1) is 10.7 Å². The third kappa shape index (κ3) is 11.0. The van der Waals surface area contributed by atoms with E-state index in [1.807, 2.05) is 29.5 Å². The SMILES string of the molecule is CCC(O)OCCOCCOCCNC(=O)c1c(I)c(NC(C)=O)c(I)c(NC(C)O)c1I. The summed E-state index contributed by atoms with van der Waals surface area (Å²) in [6.45, 7) is 6.79. The van der Waals surface area contributed by atoms with Crippen LogP contribution in [0.4, 0.5) is 11.4 Å². The topological polar surface area (TPSA) is 138 Å². The number of carbonyl (C=O) groups excluding carboxylic acids is 2. The molecule has 0 heterocycles. The van der Waals surface area contributed by atoms with E-state index in [-0.39, 0.29) is 18.4 Å². The van der Waals surface area contributed by atoms with E-state index >= 15 is 0 Å². The molecule has 1 aromatic rings. The number of aliphatic hydroxyl groups is 2. The fourth-order valence-electron chi connectivity index (χ4n) is 2.49. The quantitative estimate of drug-likeness (QED) is 0.104. The maximum atomic E-state index is 12.9. The molecule has 0 bridgehead atoms. The van der Waals surface area contributed by atoms with Crippen molar-refractivity contribution < 1.29 is 34.0 Å². The van der Waals surface area contributed by atoms with Crippen molar-refractivity contribution in [1.29, 1.82) is 0 Å². The van der Waals surface area contributed by atoms with Gasteiger partial charge in [0.05, 0.1) is 60.7 Å². The number of halogens is 3. The summed E-state index contributed by atoms with van der Waals surface area (Å²) in [5, 5.41) is 27.6. The van der Waals surface area contributed by atoms with E-state index in [0.29, 0.717) is 67.1 Å². The van der Waals surface area contributed by atoms with Crippen molar-refractivity contribution in [2.45, 2.75) is 39.7 Å². The molecule has 5 N–H and O–H groups in total. The Morgan fingerprint density at radius 2 is 1.52 bits per heavy atom. The Labute approximate surface area is 234 Å². The average Bonchev–Trinajstić information content (AvgIpc) is 2.75. The molecule has 33 heavy (non-hydrogen) atoms. The first-order valence-electron chi connectivity index (χ1n) is 10.3. The summed E-state index contributed by atoms with van der Waals surface area (Å²) < 4.78 is 17.8. The van der Waals surface area contributed by atoms with Gasteiger partial charge in [-0.05, 0) is 81.1 Å². The fourth-order valence-corrected chi connectivity index (χ4v) is 6.73. The summed E-state index contributed by atoms with van der Waals surface area (Å²) in [5.74, 6) is -0.572. The molecule has 0 aliphatic carbocycles. The van der Waals surface area contributed by atoms with Gasteiger partial charge < -0.3 is 40.4 Å². The minimum absolute atomic E-state index is 0.259. The third-order valence-corrected chi connectivity index (χ3v) is 7.23. The maximum Gasteiger partial charge on any atom is 0.253 e. The van der Waals surface area contributed by atoms with Crippen molar-refractivity contribution in [1.82, 2.24) is 5.32 Å². The second-order valence-corrected chi connectivity index (χ2v) is 10.0. The first-order chi connectivity index (χ1) is 15.6. The summed E-state index contributed by atoms with van der Waals surface area (Å²) in [7, 11) is 0. The van der Waals surface area contributed by atoms with Gasteiger partial charge in [-0.15, -0.1) is 0 Å². The average molecular weight is 805 g/mol. The molecule has 10 nitrogen and oxygen atoms in total. The Kier molecular flexibility index (Phi) is 15.6. The lowest BCUT2D eigenvalue weighted by Gasteiger charge is -2.21. The molecule has 1 rings (SSSR count). The van der Waals surface area contributed by atoms with Crippen molar-refractivity contribution in [2.24, 2.45) is 0 Å². The zero-order valence-corrected chi connectivity index (χ0v) is 25.1. The Balaban J connectivity index is 2.63. The molecule has 1 aromatic carbocycles. The van der Waals surface area contributed by atoms with Crippen LogP contribution in [-0.4, -0.2) is 74.1 Å². The molecule has 0 aromatic heterocycles. The molecule has 188 valence electrons. The minimum Gasteiger partial charge on any atom is -0.377 e. The Morgan fingerprint density at radius 3 is 2.09 bits per heavy atom. The molecular weight excluding hydrogens is 775 g/mol. The lowest BCUT2D eigenvalue weighted by molar-refractivity contribution is -0.114. The monoisotopic (exact) mass is 805 g/mol. The molecule has 0 spiro atoms. The number of nitrogens with one attached hydrogen (secondary N) is 3. The number of ether oxygens (including phenoxy) is 3. The number of benzene rings is 1. The minimum atomic E-state index is -0.841. The summed E-state index contributed by atoms with van der Waals surface area (Å²) >= 11 is 6.17. The van der Waals surface area contributed by atoms with Gasteiger partial charge in [-0.3, -0.25) is 9.59 Å². The molecule has 0 radical (unpaired) electrons. The smallest absolute Gasteiger partial charge is 0.253 e. The van der Waals surface area contributed by atoms with Crippen LogP contribution in [-0.2, 0) is 19.0 Å². The van der Waals surface area contributed by atoms with Gasteiger partial charge in [0.15, 0.2) is 6.29 Å². The second-order valence-electron chi connectivity index (χ2n) is 6.78. The van der Waals surface area contributed by atoms with E-state index in [1.165, 1.54) is 6.92 Å². The number of aliphatic hydroxyl groups excluding tert-OH is 2. The molecule has 2 atom stereocenters. The number of anilines is 2. The molecule has 0 saturated heterocycles. The van der Waals surface area contributed by atoms with E-state index in [4.69, 9.17) is 14.2 Å². The predicted octanol–water partition coefficient (Wildman–Crippen LogP) is 2.72. The second kappa shape index (κ2) is 16.6. The Hall–Kier alpha value is -0.0500. The van der Waals surface area contributed by atoms with E-state index in [2.05, 4.69) is 61.1 Å². The van der Waals surface area contributed by atoms with Crippen LogP contribution in [0.5, 0.6) is 0 Å². The summed E-state index contributed by atoms with van der Waals surface area (Å²) in [6, 6.07) is 0. The van der Waals surface area contributed by atoms with Crippen LogP contribution >= 0.6 is 67.8 Å². The largest absolute Gasteiger partial charge is 0.377 e. The van der Waals surface area contributed by atoms with E-state index in [9.17, 15) is 19.8 Å². The molecule has 0 aliphatic rings. The van der Waals surface area contributed by atoms with Crippen LogP contribution in [0.2, 0.25) is 0 Å². The highest BCUT2D eigenvalue weighted by Gasteiger charge is 2.25. The van der Waals surface area contributed by atoms with Gasteiger partial charge in [-0.2, -0.15) is 0 Å². The first-order valence-corrected chi connectivity index (χ1v) is 13.5. The molecule has 0 fully saturated rings. The Morgan fingerprint density at radius 1 is 0.939 bits per heavy atom. The van der Waals surface area contributed by atoms with Crippen molar-refractivity contribution in [3.63, 3.8) is 0 Å². The number of hydrogen-bond acceptors (Lipinski definition) is 8. The fraction of sp³-hybridized carbons (Fsp3) is 0.600. The Bertz CT molecular complexity index is 797. The van der Waals surface area contributed by atoms with Gasteiger partial charge in [0.2, 0.25) is 5.91 Å². The summed E-state index contributed by atoms with van der Waals surface area (Å²) in [6.07, 6.45) is -1.07. The number of carbonyl (C=O) groups is 2. The lowest BCUT2D eigenvalue weighted by atomic mass is 10.1.